The summed E-state index contributed by atoms with van der Waals surface area (Å²) in [6.07, 6.45) is 2.50. The monoisotopic (exact) mass is 210 g/mol. The first-order valence-corrected chi connectivity index (χ1v) is 5.93. The summed E-state index contributed by atoms with van der Waals surface area (Å²) < 4.78 is 0. The highest BCUT2D eigenvalue weighted by atomic mass is 32.2. The summed E-state index contributed by atoms with van der Waals surface area (Å²) in [5, 5.41) is 11.1. The fourth-order valence-electron chi connectivity index (χ4n) is 1.48. The summed E-state index contributed by atoms with van der Waals surface area (Å²) in [5.74, 6) is 3.73. The maximum absolute atomic E-state index is 5.45. The summed E-state index contributed by atoms with van der Waals surface area (Å²) in [5.41, 5.74) is 5.45. The van der Waals surface area contributed by atoms with Crippen LogP contribution in [0, 0.1) is 0 Å². The largest absolute Gasteiger partial charge is 0.382 e. The fraction of sp³-hybridized carbons (Fsp3) is 0.556. The second-order valence-corrected chi connectivity index (χ2v) is 4.55. The van der Waals surface area contributed by atoms with Crippen molar-refractivity contribution in [1.29, 1.82) is 0 Å². The van der Waals surface area contributed by atoms with Crippen LogP contribution < -0.4 is 11.1 Å². The van der Waals surface area contributed by atoms with Gasteiger partial charge in [-0.1, -0.05) is 0 Å². The maximum Gasteiger partial charge on any atom is 0.149 e. The van der Waals surface area contributed by atoms with Crippen LogP contribution in [-0.2, 0) is 0 Å². The number of aromatic nitrogens is 2. The first-order chi connectivity index (χ1) is 6.84. The SMILES string of the molecule is Nc1ccc(NC2CCCSC2)nn1. The van der Waals surface area contributed by atoms with Gasteiger partial charge in [-0.15, -0.1) is 10.2 Å². The van der Waals surface area contributed by atoms with E-state index >= 15 is 0 Å². The van der Waals surface area contributed by atoms with E-state index in [9.17, 15) is 0 Å². The van der Waals surface area contributed by atoms with Crippen molar-refractivity contribution >= 4 is 23.4 Å². The minimum Gasteiger partial charge on any atom is -0.382 e. The number of anilines is 2. The molecular weight excluding hydrogens is 196 g/mol. The molecule has 2 rings (SSSR count). The summed E-state index contributed by atoms with van der Waals surface area (Å²) in [4.78, 5) is 0. The zero-order chi connectivity index (χ0) is 9.80. The van der Waals surface area contributed by atoms with Crippen molar-refractivity contribution in [3.8, 4) is 0 Å². The molecule has 1 aromatic heterocycles. The van der Waals surface area contributed by atoms with Crippen LogP contribution in [0.1, 0.15) is 12.8 Å². The van der Waals surface area contributed by atoms with E-state index in [0.29, 0.717) is 11.9 Å². The molecule has 2 heterocycles. The smallest absolute Gasteiger partial charge is 0.149 e. The Balaban J connectivity index is 1.92. The average Bonchev–Trinajstić information content (AvgIpc) is 2.23. The van der Waals surface area contributed by atoms with Crippen LogP contribution in [-0.4, -0.2) is 27.7 Å². The number of nitrogens with one attached hydrogen (secondary N) is 1. The molecule has 1 saturated heterocycles. The topological polar surface area (TPSA) is 63.8 Å². The molecule has 1 aliphatic heterocycles. The van der Waals surface area contributed by atoms with Crippen LogP contribution in [0.2, 0.25) is 0 Å². The van der Waals surface area contributed by atoms with E-state index in [-0.39, 0.29) is 0 Å². The van der Waals surface area contributed by atoms with Gasteiger partial charge in [0.15, 0.2) is 0 Å². The van der Waals surface area contributed by atoms with Crippen molar-refractivity contribution in [3.05, 3.63) is 12.1 Å². The summed E-state index contributed by atoms with van der Waals surface area (Å²) in [6.45, 7) is 0. The first kappa shape index (κ1) is 9.58. The molecule has 1 aliphatic rings. The molecule has 76 valence electrons. The van der Waals surface area contributed by atoms with Crippen LogP contribution in [0.4, 0.5) is 11.6 Å². The fourth-order valence-corrected chi connectivity index (χ4v) is 2.56. The highest BCUT2D eigenvalue weighted by molar-refractivity contribution is 7.99. The normalized spacial score (nSPS) is 21.9. The standard InChI is InChI=1S/C9H14N4S/c10-8-3-4-9(13-12-8)11-7-2-1-5-14-6-7/h3-4,7H,1-2,5-6H2,(H2,10,12)(H,11,13). The van der Waals surface area contributed by atoms with E-state index in [1.54, 1.807) is 6.07 Å². The van der Waals surface area contributed by atoms with Crippen LogP contribution in [0.3, 0.4) is 0 Å². The van der Waals surface area contributed by atoms with Gasteiger partial charge in [-0.25, -0.2) is 0 Å². The molecule has 14 heavy (non-hydrogen) atoms. The van der Waals surface area contributed by atoms with Gasteiger partial charge in [0, 0.05) is 11.8 Å². The zero-order valence-corrected chi connectivity index (χ0v) is 8.76. The second-order valence-electron chi connectivity index (χ2n) is 3.40. The van der Waals surface area contributed by atoms with E-state index in [1.807, 2.05) is 17.8 Å². The molecule has 0 bridgehead atoms. The number of nitrogens with two attached hydrogens (primary N) is 1. The van der Waals surface area contributed by atoms with Crippen molar-refractivity contribution < 1.29 is 0 Å². The van der Waals surface area contributed by atoms with Gasteiger partial charge in [-0.3, -0.25) is 0 Å². The molecule has 1 fully saturated rings. The number of rotatable bonds is 2. The van der Waals surface area contributed by atoms with Crippen molar-refractivity contribution in [2.24, 2.45) is 0 Å². The van der Waals surface area contributed by atoms with E-state index in [0.717, 1.165) is 11.6 Å². The molecule has 0 saturated carbocycles. The quantitative estimate of drug-likeness (QED) is 0.771. The molecule has 1 atom stereocenters. The number of nitrogen functional groups attached to an aromatic ring is 1. The van der Waals surface area contributed by atoms with Crippen molar-refractivity contribution in [2.75, 3.05) is 22.6 Å². The highest BCUT2D eigenvalue weighted by Crippen LogP contribution is 2.19. The molecule has 0 amide bonds. The lowest BCUT2D eigenvalue weighted by Crippen LogP contribution is -2.26. The molecule has 4 nitrogen and oxygen atoms in total. The highest BCUT2D eigenvalue weighted by Gasteiger charge is 2.13. The molecule has 1 unspecified atom stereocenters. The lowest BCUT2D eigenvalue weighted by molar-refractivity contribution is 0.680. The minimum atomic E-state index is 0.466. The number of hydrogen-bond acceptors (Lipinski definition) is 5. The molecule has 1 aromatic rings. The third-order valence-electron chi connectivity index (χ3n) is 2.20. The van der Waals surface area contributed by atoms with E-state index in [1.165, 1.54) is 18.6 Å². The van der Waals surface area contributed by atoms with E-state index in [2.05, 4.69) is 15.5 Å². The average molecular weight is 210 g/mol. The Kier molecular flexibility index (Phi) is 3.08. The first-order valence-electron chi connectivity index (χ1n) is 4.78. The Hall–Kier alpha value is -0.970. The van der Waals surface area contributed by atoms with Gasteiger partial charge in [-0.2, -0.15) is 11.8 Å². The Morgan fingerprint density at radius 3 is 3.00 bits per heavy atom. The van der Waals surface area contributed by atoms with Crippen LogP contribution in [0.15, 0.2) is 12.1 Å². The Morgan fingerprint density at radius 2 is 2.36 bits per heavy atom. The molecule has 5 heteroatoms. The zero-order valence-electron chi connectivity index (χ0n) is 7.94. The Morgan fingerprint density at radius 1 is 1.43 bits per heavy atom. The Bertz CT molecular complexity index is 281. The molecular formula is C9H14N4S. The van der Waals surface area contributed by atoms with Gasteiger partial charge in [0.05, 0.1) is 0 Å². The van der Waals surface area contributed by atoms with Gasteiger partial charge in [0.2, 0.25) is 0 Å². The summed E-state index contributed by atoms with van der Waals surface area (Å²) in [7, 11) is 0. The molecule has 3 N–H and O–H groups in total. The molecule has 0 aliphatic carbocycles. The number of hydrogen-bond donors (Lipinski definition) is 2. The van der Waals surface area contributed by atoms with Gasteiger partial charge in [0.1, 0.15) is 11.6 Å². The summed E-state index contributed by atoms with van der Waals surface area (Å²) in [6, 6.07) is 4.18. The molecule has 0 radical (unpaired) electrons. The predicted molar refractivity (Wildman–Crippen MR) is 60.4 cm³/mol. The molecule has 0 aromatic carbocycles. The van der Waals surface area contributed by atoms with Crippen LogP contribution in [0.5, 0.6) is 0 Å². The third kappa shape index (κ3) is 2.51. The minimum absolute atomic E-state index is 0.466. The Labute approximate surface area is 87.7 Å². The maximum atomic E-state index is 5.45. The lowest BCUT2D eigenvalue weighted by Gasteiger charge is -2.22. The van der Waals surface area contributed by atoms with Gasteiger partial charge >= 0.3 is 0 Å². The summed E-state index contributed by atoms with van der Waals surface area (Å²) >= 11 is 1.99. The lowest BCUT2D eigenvalue weighted by atomic mass is 10.2. The molecule has 0 spiro atoms. The number of nitrogens with zero attached hydrogens (tertiary/aromatic N) is 2. The predicted octanol–water partition coefficient (Wildman–Crippen LogP) is 1.37. The second kappa shape index (κ2) is 4.50. The van der Waals surface area contributed by atoms with Gasteiger partial charge in [-0.05, 0) is 30.7 Å². The van der Waals surface area contributed by atoms with Crippen LogP contribution >= 0.6 is 11.8 Å². The van der Waals surface area contributed by atoms with Crippen molar-refractivity contribution in [3.63, 3.8) is 0 Å². The van der Waals surface area contributed by atoms with Crippen molar-refractivity contribution in [1.82, 2.24) is 10.2 Å². The van der Waals surface area contributed by atoms with Gasteiger partial charge < -0.3 is 11.1 Å². The van der Waals surface area contributed by atoms with Gasteiger partial charge in [0.25, 0.3) is 0 Å². The van der Waals surface area contributed by atoms with Crippen LogP contribution in [0.25, 0.3) is 0 Å². The third-order valence-corrected chi connectivity index (χ3v) is 3.41. The van der Waals surface area contributed by atoms with E-state index < -0.39 is 0 Å². The van der Waals surface area contributed by atoms with E-state index in [4.69, 9.17) is 5.73 Å². The number of thioether (sulfide) groups is 1. The van der Waals surface area contributed by atoms with Crippen molar-refractivity contribution in [2.45, 2.75) is 18.9 Å².